The Bertz CT molecular complexity index is 1240. The van der Waals surface area contributed by atoms with Gasteiger partial charge in [-0.15, -0.1) is 0 Å². The van der Waals surface area contributed by atoms with Crippen LogP contribution in [0.3, 0.4) is 0 Å². The highest BCUT2D eigenvalue weighted by molar-refractivity contribution is 5.78. The summed E-state index contributed by atoms with van der Waals surface area (Å²) in [5.74, 6) is 0.0826. The van der Waals surface area contributed by atoms with Gasteiger partial charge in [-0.2, -0.15) is 13.2 Å². The second kappa shape index (κ2) is 10.2. The first-order chi connectivity index (χ1) is 17.1. The zero-order valence-electron chi connectivity index (χ0n) is 19.9. The van der Waals surface area contributed by atoms with E-state index >= 15 is 0 Å². The zero-order chi connectivity index (χ0) is 26.0. The molecule has 1 aromatic heterocycles. The molecule has 0 bridgehead atoms. The highest BCUT2D eigenvalue weighted by atomic mass is 19.4. The van der Waals surface area contributed by atoms with Gasteiger partial charge in [-0.25, -0.2) is 9.37 Å². The molecule has 7 nitrogen and oxygen atoms in total. The zero-order valence-corrected chi connectivity index (χ0v) is 19.9. The molecule has 1 aliphatic heterocycles. The van der Waals surface area contributed by atoms with Crippen molar-refractivity contribution in [2.24, 2.45) is 0 Å². The molecule has 36 heavy (non-hydrogen) atoms. The number of amides is 1. The summed E-state index contributed by atoms with van der Waals surface area (Å²) in [6.07, 6.45) is -1.20. The number of aromatic nitrogens is 2. The first kappa shape index (κ1) is 25.5. The van der Waals surface area contributed by atoms with Crippen LogP contribution in [-0.4, -0.2) is 35.8 Å². The number of halogens is 4. The van der Waals surface area contributed by atoms with Crippen molar-refractivity contribution in [2.75, 3.05) is 14.2 Å². The Hall–Kier alpha value is -3.60. The van der Waals surface area contributed by atoms with E-state index in [0.717, 1.165) is 17.7 Å². The highest BCUT2D eigenvalue weighted by Gasteiger charge is 2.32. The Labute approximate surface area is 205 Å². The lowest BCUT2D eigenvalue weighted by molar-refractivity contribution is -0.137. The SMILES string of the molecule is COc1ccc(CC2NC(=O)CC(c3cn(C(C)c4ccc(C(F)(F)F)cc4F)cn3)N2)cc1OC. The lowest BCUT2D eigenvalue weighted by atomic mass is 10.0. The maximum atomic E-state index is 14.5. The Morgan fingerprint density at radius 3 is 2.56 bits per heavy atom. The fourth-order valence-electron chi connectivity index (χ4n) is 4.27. The third-order valence-corrected chi connectivity index (χ3v) is 6.22. The minimum atomic E-state index is -4.62. The fourth-order valence-corrected chi connectivity index (χ4v) is 4.27. The van der Waals surface area contributed by atoms with E-state index in [1.54, 1.807) is 38.0 Å². The maximum absolute atomic E-state index is 14.5. The average Bonchev–Trinajstić information content (AvgIpc) is 3.33. The number of ether oxygens (including phenoxy) is 2. The van der Waals surface area contributed by atoms with Gasteiger partial charge in [0.25, 0.3) is 0 Å². The van der Waals surface area contributed by atoms with Gasteiger partial charge in [0.05, 0.1) is 50.1 Å². The number of carbonyl (C=O) groups excluding carboxylic acids is 1. The number of imidazole rings is 1. The summed E-state index contributed by atoms with van der Waals surface area (Å²) in [5, 5.41) is 6.28. The van der Waals surface area contributed by atoms with Gasteiger partial charge in [-0.05, 0) is 36.8 Å². The van der Waals surface area contributed by atoms with Crippen molar-refractivity contribution in [1.82, 2.24) is 20.2 Å². The summed E-state index contributed by atoms with van der Waals surface area (Å²) < 4.78 is 65.3. The fraction of sp³-hybridized carbons (Fsp3) is 0.360. The molecule has 1 amide bonds. The summed E-state index contributed by atoms with van der Waals surface area (Å²) in [6.45, 7) is 1.66. The van der Waals surface area contributed by atoms with Crippen molar-refractivity contribution in [3.8, 4) is 11.5 Å². The molecule has 1 saturated heterocycles. The van der Waals surface area contributed by atoms with Crippen molar-refractivity contribution in [2.45, 2.75) is 44.2 Å². The first-order valence-electron chi connectivity index (χ1n) is 11.3. The Morgan fingerprint density at radius 2 is 1.89 bits per heavy atom. The van der Waals surface area contributed by atoms with Crippen LogP contribution in [0.4, 0.5) is 17.6 Å². The first-order valence-corrected chi connectivity index (χ1v) is 11.3. The van der Waals surface area contributed by atoms with Crippen molar-refractivity contribution < 1.29 is 31.8 Å². The van der Waals surface area contributed by atoms with Crippen LogP contribution in [0.15, 0.2) is 48.9 Å². The van der Waals surface area contributed by atoms with E-state index < -0.39 is 29.6 Å². The van der Waals surface area contributed by atoms with Crippen LogP contribution in [0, 0.1) is 5.82 Å². The molecular formula is C25H26F4N4O3. The number of alkyl halides is 3. The Morgan fingerprint density at radius 1 is 1.14 bits per heavy atom. The monoisotopic (exact) mass is 506 g/mol. The molecule has 4 rings (SSSR count). The van der Waals surface area contributed by atoms with Crippen molar-refractivity contribution in [3.05, 3.63) is 77.1 Å². The van der Waals surface area contributed by atoms with Crippen LogP contribution in [0.25, 0.3) is 0 Å². The van der Waals surface area contributed by atoms with Gasteiger partial charge >= 0.3 is 6.18 Å². The van der Waals surface area contributed by atoms with Gasteiger partial charge in [0.15, 0.2) is 11.5 Å². The molecule has 1 fully saturated rings. The van der Waals surface area contributed by atoms with E-state index in [0.29, 0.717) is 29.7 Å². The molecule has 2 aromatic carbocycles. The number of carbonyl (C=O) groups is 1. The topological polar surface area (TPSA) is 77.4 Å². The van der Waals surface area contributed by atoms with Crippen LogP contribution in [0.2, 0.25) is 0 Å². The molecule has 3 unspecified atom stereocenters. The molecule has 3 aromatic rings. The van der Waals surface area contributed by atoms with E-state index in [1.165, 1.54) is 6.33 Å². The molecule has 192 valence electrons. The molecule has 11 heteroatoms. The number of methoxy groups -OCH3 is 2. The second-order valence-corrected chi connectivity index (χ2v) is 8.59. The molecule has 0 saturated carbocycles. The van der Waals surface area contributed by atoms with E-state index in [4.69, 9.17) is 9.47 Å². The number of nitrogens with zero attached hydrogens (tertiary/aromatic N) is 2. The summed E-state index contributed by atoms with van der Waals surface area (Å²) in [7, 11) is 3.10. The largest absolute Gasteiger partial charge is 0.493 e. The molecule has 0 radical (unpaired) electrons. The molecule has 3 atom stereocenters. The molecular weight excluding hydrogens is 480 g/mol. The standard InChI is InChI=1S/C25H26F4N4O3/c1-14(17-6-5-16(10-18(17)26)25(27,28)29)33-12-20(30-13-33)19-11-24(34)32-23(31-19)9-15-4-7-21(35-2)22(8-15)36-3/h4-8,10,12-14,19,23,31H,9,11H2,1-3H3,(H,32,34). The summed E-state index contributed by atoms with van der Waals surface area (Å²) in [5.41, 5.74) is 0.553. The molecule has 2 N–H and O–H groups in total. The van der Waals surface area contributed by atoms with Crippen LogP contribution in [0.5, 0.6) is 11.5 Å². The van der Waals surface area contributed by atoms with Gasteiger partial charge in [-0.1, -0.05) is 12.1 Å². The maximum Gasteiger partial charge on any atom is 0.416 e. The minimum Gasteiger partial charge on any atom is -0.493 e. The number of benzene rings is 2. The molecule has 1 aliphatic rings. The molecule has 0 aliphatic carbocycles. The average molecular weight is 507 g/mol. The van der Waals surface area contributed by atoms with Gasteiger partial charge in [0, 0.05) is 24.6 Å². The number of nitrogens with one attached hydrogen (secondary N) is 2. The lowest BCUT2D eigenvalue weighted by Gasteiger charge is -2.31. The van der Waals surface area contributed by atoms with E-state index in [1.807, 2.05) is 12.1 Å². The van der Waals surface area contributed by atoms with Gasteiger partial charge in [0.1, 0.15) is 5.82 Å². The van der Waals surface area contributed by atoms with E-state index in [2.05, 4.69) is 15.6 Å². The van der Waals surface area contributed by atoms with Gasteiger partial charge in [-0.3, -0.25) is 10.1 Å². The predicted molar refractivity (Wildman–Crippen MR) is 123 cm³/mol. The lowest BCUT2D eigenvalue weighted by Crippen LogP contribution is -2.53. The van der Waals surface area contributed by atoms with Crippen LogP contribution in [0.1, 0.15) is 47.8 Å². The second-order valence-electron chi connectivity index (χ2n) is 8.59. The number of hydrogen-bond acceptors (Lipinski definition) is 5. The van der Waals surface area contributed by atoms with Gasteiger partial charge in [0.2, 0.25) is 5.91 Å². The van der Waals surface area contributed by atoms with E-state index in [9.17, 15) is 22.4 Å². The quantitative estimate of drug-likeness (QED) is 0.465. The van der Waals surface area contributed by atoms with Crippen LogP contribution >= 0.6 is 0 Å². The molecule has 2 heterocycles. The summed E-state index contributed by atoms with van der Waals surface area (Å²) in [4.78, 5) is 16.8. The number of rotatable bonds is 7. The normalized spacial score (nSPS) is 19.0. The summed E-state index contributed by atoms with van der Waals surface area (Å²) in [6, 6.07) is 7.00. The Balaban J connectivity index is 1.48. The smallest absolute Gasteiger partial charge is 0.416 e. The highest BCUT2D eigenvalue weighted by Crippen LogP contribution is 2.33. The third-order valence-electron chi connectivity index (χ3n) is 6.22. The van der Waals surface area contributed by atoms with E-state index in [-0.39, 0.29) is 24.1 Å². The van der Waals surface area contributed by atoms with Crippen LogP contribution < -0.4 is 20.1 Å². The number of hydrogen-bond donors (Lipinski definition) is 2. The van der Waals surface area contributed by atoms with Gasteiger partial charge < -0.3 is 19.4 Å². The third kappa shape index (κ3) is 5.46. The molecule has 0 spiro atoms. The van der Waals surface area contributed by atoms with Crippen LogP contribution in [-0.2, 0) is 17.4 Å². The predicted octanol–water partition coefficient (Wildman–Crippen LogP) is 4.39. The van der Waals surface area contributed by atoms with Crippen molar-refractivity contribution in [3.63, 3.8) is 0 Å². The van der Waals surface area contributed by atoms with Crippen molar-refractivity contribution in [1.29, 1.82) is 0 Å². The minimum absolute atomic E-state index is 0.104. The summed E-state index contributed by atoms with van der Waals surface area (Å²) >= 11 is 0. The Kier molecular flexibility index (Phi) is 7.21. The van der Waals surface area contributed by atoms with Crippen molar-refractivity contribution >= 4 is 5.91 Å².